The van der Waals surface area contributed by atoms with E-state index in [-0.39, 0.29) is 11.7 Å². The van der Waals surface area contributed by atoms with Gasteiger partial charge in [0.1, 0.15) is 0 Å². The van der Waals surface area contributed by atoms with E-state index in [9.17, 15) is 13.2 Å². The van der Waals surface area contributed by atoms with E-state index in [0.29, 0.717) is 31.1 Å². The predicted molar refractivity (Wildman–Crippen MR) is 98.9 cm³/mol. The Bertz CT molecular complexity index is 890. The first-order valence-electron chi connectivity index (χ1n) is 7.58. The third-order valence-corrected chi connectivity index (χ3v) is 7.42. The van der Waals surface area contributed by atoms with Gasteiger partial charge >= 0.3 is 0 Å². The molecule has 1 aromatic carbocycles. The number of benzene rings is 1. The van der Waals surface area contributed by atoms with E-state index in [4.69, 9.17) is 11.6 Å². The Balaban J connectivity index is 1.56. The minimum atomic E-state index is -3.11. The number of amides is 1. The molecule has 0 spiro atoms. The topological polar surface area (TPSA) is 66.5 Å². The lowest BCUT2D eigenvalue weighted by molar-refractivity contribution is -0.116. The summed E-state index contributed by atoms with van der Waals surface area (Å²) in [5.41, 5.74) is 0. The highest BCUT2D eigenvalue weighted by molar-refractivity contribution is 7.89. The highest BCUT2D eigenvalue weighted by atomic mass is 35.5. The molecule has 1 aliphatic rings. The van der Waals surface area contributed by atoms with Crippen molar-refractivity contribution >= 4 is 55.0 Å². The van der Waals surface area contributed by atoms with Crippen molar-refractivity contribution in [1.29, 1.82) is 0 Å². The lowest BCUT2D eigenvalue weighted by atomic mass is 10.2. The molecule has 1 fully saturated rings. The van der Waals surface area contributed by atoms with Crippen molar-refractivity contribution in [3.05, 3.63) is 40.2 Å². The number of sulfonamides is 1. The van der Waals surface area contributed by atoms with Crippen LogP contribution in [-0.4, -0.2) is 44.0 Å². The SMILES string of the molecule is O=C(C=Cc1sc2ccccc2c1Cl)NCCN1CCCS1(=O)=O. The zero-order chi connectivity index (χ0) is 17.2. The van der Waals surface area contributed by atoms with Gasteiger partial charge in [-0.25, -0.2) is 12.7 Å². The fourth-order valence-electron chi connectivity index (χ4n) is 2.60. The molecule has 3 rings (SSSR count). The Morgan fingerprint density at radius 2 is 2.17 bits per heavy atom. The average Bonchev–Trinajstić information content (AvgIpc) is 3.05. The maximum Gasteiger partial charge on any atom is 0.244 e. The quantitative estimate of drug-likeness (QED) is 0.806. The molecular weight excluding hydrogens is 368 g/mol. The Labute approximate surface area is 150 Å². The van der Waals surface area contributed by atoms with Crippen LogP contribution in [0.3, 0.4) is 0 Å². The first kappa shape index (κ1) is 17.4. The van der Waals surface area contributed by atoms with Crippen molar-refractivity contribution < 1.29 is 13.2 Å². The van der Waals surface area contributed by atoms with Gasteiger partial charge in [-0.05, 0) is 18.6 Å². The lowest BCUT2D eigenvalue weighted by Gasteiger charge is -2.13. The van der Waals surface area contributed by atoms with Gasteiger partial charge in [0.05, 0.1) is 10.8 Å². The number of rotatable bonds is 5. The van der Waals surface area contributed by atoms with Crippen LogP contribution < -0.4 is 5.32 Å². The fourth-order valence-corrected chi connectivity index (χ4v) is 5.52. The number of carbonyl (C=O) groups is 1. The molecular formula is C16H17ClN2O3S2. The van der Waals surface area contributed by atoms with Gasteiger partial charge in [-0.15, -0.1) is 11.3 Å². The number of halogens is 1. The predicted octanol–water partition coefficient (Wildman–Crippen LogP) is 2.72. The molecule has 128 valence electrons. The summed E-state index contributed by atoms with van der Waals surface area (Å²) < 4.78 is 25.8. The third kappa shape index (κ3) is 3.80. The number of hydrogen-bond acceptors (Lipinski definition) is 4. The Morgan fingerprint density at radius 1 is 1.38 bits per heavy atom. The van der Waals surface area contributed by atoms with Crippen LogP contribution in [0.4, 0.5) is 0 Å². The molecule has 2 aromatic rings. The molecule has 0 aliphatic carbocycles. The molecule has 5 nitrogen and oxygen atoms in total. The van der Waals surface area contributed by atoms with Gasteiger partial charge in [0.25, 0.3) is 0 Å². The molecule has 1 saturated heterocycles. The van der Waals surface area contributed by atoms with Crippen LogP contribution in [0.2, 0.25) is 5.02 Å². The van der Waals surface area contributed by atoms with Crippen molar-refractivity contribution in [3.8, 4) is 0 Å². The van der Waals surface area contributed by atoms with Crippen molar-refractivity contribution in [2.24, 2.45) is 0 Å². The van der Waals surface area contributed by atoms with Crippen LogP contribution in [0.1, 0.15) is 11.3 Å². The smallest absolute Gasteiger partial charge is 0.244 e. The monoisotopic (exact) mass is 384 g/mol. The van der Waals surface area contributed by atoms with Crippen LogP contribution in [0.15, 0.2) is 30.3 Å². The third-order valence-electron chi connectivity index (χ3n) is 3.81. The summed E-state index contributed by atoms with van der Waals surface area (Å²) >= 11 is 7.84. The van der Waals surface area contributed by atoms with E-state index in [1.165, 1.54) is 21.7 Å². The second-order valence-electron chi connectivity index (χ2n) is 5.47. The zero-order valence-corrected chi connectivity index (χ0v) is 15.3. The van der Waals surface area contributed by atoms with Crippen LogP contribution in [0.25, 0.3) is 16.2 Å². The molecule has 0 atom stereocenters. The van der Waals surface area contributed by atoms with Crippen molar-refractivity contribution in [1.82, 2.24) is 9.62 Å². The van der Waals surface area contributed by atoms with Crippen LogP contribution in [0, 0.1) is 0 Å². The summed E-state index contributed by atoms with van der Waals surface area (Å²) in [5, 5.41) is 4.32. The van der Waals surface area contributed by atoms with Crippen LogP contribution in [0.5, 0.6) is 0 Å². The summed E-state index contributed by atoms with van der Waals surface area (Å²) in [7, 11) is -3.11. The van der Waals surface area contributed by atoms with Gasteiger partial charge in [0, 0.05) is 40.7 Å². The summed E-state index contributed by atoms with van der Waals surface area (Å²) in [4.78, 5) is 12.7. The van der Waals surface area contributed by atoms with Crippen molar-refractivity contribution in [2.75, 3.05) is 25.4 Å². The number of thiophene rings is 1. The highest BCUT2D eigenvalue weighted by Gasteiger charge is 2.27. The highest BCUT2D eigenvalue weighted by Crippen LogP contribution is 2.35. The van der Waals surface area contributed by atoms with Gasteiger partial charge in [-0.3, -0.25) is 4.79 Å². The standard InChI is InChI=1S/C16H17ClN2O3S2/c17-16-12-4-1-2-5-13(12)23-14(16)6-7-15(20)18-8-10-19-9-3-11-24(19,21)22/h1-2,4-7H,3,8-11H2,(H,18,20). The minimum Gasteiger partial charge on any atom is -0.351 e. The molecule has 1 aromatic heterocycles. The largest absolute Gasteiger partial charge is 0.351 e. The molecule has 2 heterocycles. The maximum atomic E-state index is 11.9. The molecule has 0 radical (unpaired) electrons. The average molecular weight is 385 g/mol. The second-order valence-corrected chi connectivity index (χ2v) is 9.02. The first-order valence-corrected chi connectivity index (χ1v) is 10.4. The van der Waals surface area contributed by atoms with E-state index in [0.717, 1.165) is 15.0 Å². The summed E-state index contributed by atoms with van der Waals surface area (Å²) in [5.74, 6) is -0.0641. The van der Waals surface area contributed by atoms with Crippen molar-refractivity contribution in [2.45, 2.75) is 6.42 Å². The molecule has 0 saturated carbocycles. The maximum absolute atomic E-state index is 11.9. The molecule has 0 unspecified atom stereocenters. The Kier molecular flexibility index (Phi) is 5.24. The number of hydrogen-bond donors (Lipinski definition) is 1. The molecule has 24 heavy (non-hydrogen) atoms. The lowest BCUT2D eigenvalue weighted by Crippen LogP contribution is -2.35. The first-order chi connectivity index (χ1) is 11.5. The van der Waals surface area contributed by atoms with Crippen molar-refractivity contribution in [3.63, 3.8) is 0 Å². The molecule has 1 aliphatic heterocycles. The summed E-state index contributed by atoms with van der Waals surface area (Å²) in [6.07, 6.45) is 3.77. The van der Waals surface area contributed by atoms with Gasteiger partial charge < -0.3 is 5.32 Å². The summed E-state index contributed by atoms with van der Waals surface area (Å²) in [6.45, 7) is 1.14. The van der Waals surface area contributed by atoms with Gasteiger partial charge in [-0.2, -0.15) is 0 Å². The number of carbonyl (C=O) groups excluding carboxylic acids is 1. The van der Waals surface area contributed by atoms with Crippen LogP contribution in [-0.2, 0) is 14.8 Å². The van der Waals surface area contributed by atoms with Gasteiger partial charge in [0.2, 0.25) is 15.9 Å². The van der Waals surface area contributed by atoms with E-state index >= 15 is 0 Å². The second kappa shape index (κ2) is 7.23. The van der Waals surface area contributed by atoms with E-state index < -0.39 is 10.0 Å². The Morgan fingerprint density at radius 3 is 2.88 bits per heavy atom. The molecule has 1 N–H and O–H groups in total. The van der Waals surface area contributed by atoms with Gasteiger partial charge in [0.15, 0.2) is 0 Å². The van der Waals surface area contributed by atoms with E-state index in [1.54, 1.807) is 6.08 Å². The fraction of sp³-hybridized carbons (Fsp3) is 0.312. The van der Waals surface area contributed by atoms with E-state index in [2.05, 4.69) is 5.32 Å². The molecule has 0 bridgehead atoms. The number of nitrogens with one attached hydrogen (secondary N) is 1. The minimum absolute atomic E-state index is 0.200. The number of fused-ring (bicyclic) bond motifs is 1. The normalized spacial score (nSPS) is 17.7. The van der Waals surface area contributed by atoms with E-state index in [1.807, 2.05) is 24.3 Å². The summed E-state index contributed by atoms with van der Waals surface area (Å²) in [6, 6.07) is 7.80. The zero-order valence-electron chi connectivity index (χ0n) is 12.9. The van der Waals surface area contributed by atoms with Gasteiger partial charge in [-0.1, -0.05) is 29.8 Å². The van der Waals surface area contributed by atoms with Crippen LogP contribution >= 0.6 is 22.9 Å². The molecule has 8 heteroatoms. The number of nitrogens with zero attached hydrogens (tertiary/aromatic N) is 1. The Hall–Kier alpha value is -1.41. The molecule has 1 amide bonds.